The Kier molecular flexibility index (Phi) is 3.63. The fourth-order valence-corrected chi connectivity index (χ4v) is 2.91. The molecule has 1 aromatic carbocycles. The average molecular weight is 273 g/mol. The Morgan fingerprint density at radius 3 is 2.75 bits per heavy atom. The first kappa shape index (κ1) is 13.0. The maximum Gasteiger partial charge on any atom is 0.287 e. The fraction of sp³-hybridized carbons (Fsp3) is 0.438. The molecule has 0 aliphatic heterocycles. The van der Waals surface area contributed by atoms with Gasteiger partial charge in [-0.2, -0.15) is 0 Å². The molecule has 106 valence electrons. The van der Waals surface area contributed by atoms with Gasteiger partial charge >= 0.3 is 0 Å². The zero-order valence-corrected chi connectivity index (χ0v) is 11.4. The molecular formula is C16H19NO3. The number of fused-ring (bicyclic) bond motifs is 1. The number of pyridine rings is 1. The van der Waals surface area contributed by atoms with Gasteiger partial charge in [-0.1, -0.05) is 31.4 Å². The lowest BCUT2D eigenvalue weighted by atomic mass is 9.90. The summed E-state index contributed by atoms with van der Waals surface area (Å²) in [6.07, 6.45) is 6.15. The van der Waals surface area contributed by atoms with Crippen LogP contribution in [0.5, 0.6) is 5.75 Å². The molecule has 0 bridgehead atoms. The second-order valence-electron chi connectivity index (χ2n) is 5.48. The molecule has 4 heteroatoms. The van der Waals surface area contributed by atoms with E-state index in [-0.39, 0.29) is 11.3 Å². The monoisotopic (exact) mass is 273 g/mol. The molecule has 1 saturated carbocycles. The highest BCUT2D eigenvalue weighted by Gasteiger charge is 2.15. The van der Waals surface area contributed by atoms with Gasteiger partial charge in [0.05, 0.1) is 5.52 Å². The number of rotatable bonds is 3. The molecule has 0 amide bonds. The summed E-state index contributed by atoms with van der Waals surface area (Å²) in [6, 6.07) is 8.45. The van der Waals surface area contributed by atoms with Crippen LogP contribution in [-0.4, -0.2) is 16.4 Å². The van der Waals surface area contributed by atoms with E-state index >= 15 is 0 Å². The molecule has 1 fully saturated rings. The van der Waals surface area contributed by atoms with Crippen LogP contribution in [0.2, 0.25) is 0 Å². The number of hydrogen-bond acceptors (Lipinski definition) is 3. The van der Waals surface area contributed by atoms with Gasteiger partial charge in [-0.25, -0.2) is 0 Å². The van der Waals surface area contributed by atoms with Gasteiger partial charge in [0.2, 0.25) is 0 Å². The van der Waals surface area contributed by atoms with E-state index in [1.54, 1.807) is 12.1 Å². The largest absolute Gasteiger partial charge is 0.507 e. The van der Waals surface area contributed by atoms with Gasteiger partial charge in [0.25, 0.3) is 5.56 Å². The quantitative estimate of drug-likeness (QED) is 0.935. The molecular weight excluding hydrogens is 254 g/mol. The van der Waals surface area contributed by atoms with Crippen LogP contribution >= 0.6 is 0 Å². The van der Waals surface area contributed by atoms with Crippen molar-refractivity contribution in [2.75, 3.05) is 6.61 Å². The lowest BCUT2D eigenvalue weighted by molar-refractivity contribution is 0.0696. The SMILES string of the molecule is O=c1cc(O)c2ccccc2n1OCC1CCCCC1. The first-order chi connectivity index (χ1) is 9.75. The van der Waals surface area contributed by atoms with Crippen molar-refractivity contribution in [3.8, 4) is 5.75 Å². The minimum Gasteiger partial charge on any atom is -0.507 e. The number of aromatic hydroxyl groups is 1. The Morgan fingerprint density at radius 2 is 1.95 bits per heavy atom. The molecule has 4 nitrogen and oxygen atoms in total. The Bertz CT molecular complexity index is 656. The van der Waals surface area contributed by atoms with Crippen molar-refractivity contribution in [3.63, 3.8) is 0 Å². The van der Waals surface area contributed by atoms with Crippen molar-refractivity contribution < 1.29 is 9.94 Å². The van der Waals surface area contributed by atoms with E-state index in [0.717, 1.165) is 0 Å². The Labute approximate surface area is 117 Å². The molecule has 1 N–H and O–H groups in total. The topological polar surface area (TPSA) is 51.5 Å². The molecule has 1 aliphatic rings. The van der Waals surface area contributed by atoms with E-state index < -0.39 is 0 Å². The molecule has 1 aliphatic carbocycles. The second kappa shape index (κ2) is 5.57. The summed E-state index contributed by atoms with van der Waals surface area (Å²) in [5.41, 5.74) is 0.297. The van der Waals surface area contributed by atoms with Crippen LogP contribution < -0.4 is 10.4 Å². The van der Waals surface area contributed by atoms with Gasteiger partial charge in [-0.05, 0) is 30.9 Å². The standard InChI is InChI=1S/C16H19NO3/c18-15-10-16(19)17(14-9-5-4-8-13(14)15)20-11-12-6-2-1-3-7-12/h4-5,8-10,12,18H,1-3,6-7,11H2. The maximum atomic E-state index is 12.0. The van der Waals surface area contributed by atoms with Crippen LogP contribution in [0, 0.1) is 5.92 Å². The third-order valence-corrected chi connectivity index (χ3v) is 4.02. The zero-order chi connectivity index (χ0) is 13.9. The summed E-state index contributed by atoms with van der Waals surface area (Å²) in [7, 11) is 0. The van der Waals surface area contributed by atoms with Crippen molar-refractivity contribution in [2.24, 2.45) is 5.92 Å². The molecule has 20 heavy (non-hydrogen) atoms. The highest BCUT2D eigenvalue weighted by molar-refractivity contribution is 5.84. The van der Waals surface area contributed by atoms with Crippen molar-refractivity contribution in [1.29, 1.82) is 0 Å². The lowest BCUT2D eigenvalue weighted by Gasteiger charge is -2.22. The fourth-order valence-electron chi connectivity index (χ4n) is 2.91. The molecule has 1 heterocycles. The van der Waals surface area contributed by atoms with E-state index in [4.69, 9.17) is 4.84 Å². The van der Waals surface area contributed by atoms with Crippen LogP contribution in [0.15, 0.2) is 35.1 Å². The van der Waals surface area contributed by atoms with Gasteiger partial charge < -0.3 is 9.94 Å². The van der Waals surface area contributed by atoms with Crippen molar-refractivity contribution >= 4 is 10.9 Å². The summed E-state index contributed by atoms with van der Waals surface area (Å²) in [5, 5.41) is 10.5. The van der Waals surface area contributed by atoms with E-state index in [2.05, 4.69) is 0 Å². The molecule has 0 atom stereocenters. The second-order valence-corrected chi connectivity index (χ2v) is 5.48. The zero-order valence-electron chi connectivity index (χ0n) is 11.4. The molecule has 0 spiro atoms. The van der Waals surface area contributed by atoms with E-state index in [1.165, 1.54) is 42.9 Å². The van der Waals surface area contributed by atoms with Gasteiger partial charge in [0.1, 0.15) is 12.4 Å². The van der Waals surface area contributed by atoms with Gasteiger partial charge in [0.15, 0.2) is 0 Å². The van der Waals surface area contributed by atoms with Gasteiger partial charge in [-0.15, -0.1) is 4.73 Å². The molecule has 0 radical (unpaired) electrons. The number of hydrogen-bond donors (Lipinski definition) is 1. The third-order valence-electron chi connectivity index (χ3n) is 4.02. The molecule has 2 aromatic rings. The number of para-hydroxylation sites is 1. The Balaban J connectivity index is 1.88. The van der Waals surface area contributed by atoms with Crippen molar-refractivity contribution in [2.45, 2.75) is 32.1 Å². The first-order valence-corrected chi connectivity index (χ1v) is 7.23. The van der Waals surface area contributed by atoms with E-state index in [1.807, 2.05) is 12.1 Å². The Morgan fingerprint density at radius 1 is 1.20 bits per heavy atom. The molecule has 0 saturated heterocycles. The maximum absolute atomic E-state index is 12.0. The highest BCUT2D eigenvalue weighted by Crippen LogP contribution is 2.24. The molecule has 3 rings (SSSR count). The predicted octanol–water partition coefficient (Wildman–Crippen LogP) is 2.72. The summed E-state index contributed by atoms with van der Waals surface area (Å²) >= 11 is 0. The first-order valence-electron chi connectivity index (χ1n) is 7.23. The molecule has 0 unspecified atom stereocenters. The summed E-state index contributed by atoms with van der Waals surface area (Å²) in [5.74, 6) is 0.534. The van der Waals surface area contributed by atoms with Gasteiger partial charge in [-0.3, -0.25) is 4.79 Å². The van der Waals surface area contributed by atoms with E-state index in [0.29, 0.717) is 23.4 Å². The Hall–Kier alpha value is -1.97. The van der Waals surface area contributed by atoms with Crippen LogP contribution in [0.1, 0.15) is 32.1 Å². The third kappa shape index (κ3) is 2.50. The van der Waals surface area contributed by atoms with E-state index in [9.17, 15) is 9.90 Å². The van der Waals surface area contributed by atoms with Crippen LogP contribution in [0.25, 0.3) is 10.9 Å². The summed E-state index contributed by atoms with van der Waals surface area (Å²) in [6.45, 7) is 0.564. The lowest BCUT2D eigenvalue weighted by Crippen LogP contribution is -2.30. The highest BCUT2D eigenvalue weighted by atomic mass is 16.7. The predicted molar refractivity (Wildman–Crippen MR) is 77.9 cm³/mol. The smallest absolute Gasteiger partial charge is 0.287 e. The van der Waals surface area contributed by atoms with Crippen molar-refractivity contribution in [1.82, 2.24) is 4.73 Å². The van der Waals surface area contributed by atoms with Crippen LogP contribution in [-0.2, 0) is 0 Å². The normalized spacial score (nSPS) is 16.4. The van der Waals surface area contributed by atoms with Crippen molar-refractivity contribution in [3.05, 3.63) is 40.7 Å². The molecule has 1 aromatic heterocycles. The van der Waals surface area contributed by atoms with Gasteiger partial charge in [0, 0.05) is 11.5 Å². The summed E-state index contributed by atoms with van der Waals surface area (Å²) in [4.78, 5) is 17.7. The number of nitrogens with zero attached hydrogens (tertiary/aromatic N) is 1. The minimum atomic E-state index is -0.322. The van der Waals surface area contributed by atoms with Crippen LogP contribution in [0.3, 0.4) is 0 Å². The minimum absolute atomic E-state index is 0.00289. The summed E-state index contributed by atoms with van der Waals surface area (Å²) < 4.78 is 1.31. The number of aromatic nitrogens is 1. The number of benzene rings is 1. The average Bonchev–Trinajstić information content (AvgIpc) is 2.48. The van der Waals surface area contributed by atoms with Crippen LogP contribution in [0.4, 0.5) is 0 Å².